The number of alkyl carbamates (subject to hydrolysis) is 1. The van der Waals surface area contributed by atoms with Gasteiger partial charge in [-0.2, -0.15) is 0 Å². The van der Waals surface area contributed by atoms with Gasteiger partial charge in [0.2, 0.25) is 0 Å². The highest BCUT2D eigenvalue weighted by Crippen LogP contribution is 2.09. The Morgan fingerprint density at radius 1 is 1.19 bits per heavy atom. The molecule has 7 nitrogen and oxygen atoms in total. The molecule has 0 aliphatic heterocycles. The molecular weight excluding hydrogens is 445 g/mol. The quantitative estimate of drug-likeness (QED) is 0.333. The number of guanidine groups is 1. The molecule has 148 valence electrons. The maximum absolute atomic E-state index is 11.9. The van der Waals surface area contributed by atoms with E-state index in [9.17, 15) is 4.79 Å². The Labute approximate surface area is 173 Å². The summed E-state index contributed by atoms with van der Waals surface area (Å²) in [5.41, 5.74) is -0.123. The highest BCUT2D eigenvalue weighted by atomic mass is 127. The third-order valence-corrected chi connectivity index (χ3v) is 3.01. The molecule has 0 radical (unpaired) electrons. The van der Waals surface area contributed by atoms with Crippen LogP contribution < -0.4 is 16.0 Å². The van der Waals surface area contributed by atoms with Crippen LogP contribution in [0.15, 0.2) is 29.4 Å². The van der Waals surface area contributed by atoms with E-state index in [2.05, 4.69) is 25.9 Å². The van der Waals surface area contributed by atoms with Crippen LogP contribution in [0.4, 0.5) is 4.79 Å². The lowest BCUT2D eigenvalue weighted by atomic mass is 10.1. The van der Waals surface area contributed by atoms with Crippen LogP contribution >= 0.6 is 24.0 Å². The largest absolute Gasteiger partial charge is 0.444 e. The molecule has 1 rings (SSSR count). The predicted octanol–water partition coefficient (Wildman–Crippen LogP) is 3.06. The molecule has 8 heteroatoms. The van der Waals surface area contributed by atoms with Crippen LogP contribution in [0.2, 0.25) is 0 Å². The number of hydrogen-bond donors (Lipinski definition) is 3. The van der Waals surface area contributed by atoms with Crippen LogP contribution in [0.5, 0.6) is 0 Å². The molecule has 1 aromatic rings. The monoisotopic (exact) mass is 477 g/mol. The molecule has 0 saturated carbocycles. The van der Waals surface area contributed by atoms with Crippen molar-refractivity contribution in [2.24, 2.45) is 4.99 Å². The zero-order chi connectivity index (χ0) is 18.9. The number of hydrogen-bond acceptors (Lipinski definition) is 4. The molecule has 1 heterocycles. The maximum atomic E-state index is 11.9. The second-order valence-corrected chi connectivity index (χ2v) is 7.38. The maximum Gasteiger partial charge on any atom is 0.408 e. The van der Waals surface area contributed by atoms with Gasteiger partial charge in [-0.25, -0.2) is 9.79 Å². The van der Waals surface area contributed by atoms with Gasteiger partial charge in [0.1, 0.15) is 5.60 Å². The van der Waals surface area contributed by atoms with Crippen LogP contribution in [0.3, 0.4) is 0 Å². The van der Waals surface area contributed by atoms with Gasteiger partial charge in [-0.15, -0.1) is 24.0 Å². The number of rotatable bonds is 6. The summed E-state index contributed by atoms with van der Waals surface area (Å²) in [7, 11) is 0. The molecule has 0 unspecified atom stereocenters. The lowest BCUT2D eigenvalue weighted by Crippen LogP contribution is -2.54. The summed E-state index contributed by atoms with van der Waals surface area (Å²) in [4.78, 5) is 20.7. The number of aromatic nitrogens is 1. The number of halogens is 1. The van der Waals surface area contributed by atoms with E-state index in [-0.39, 0.29) is 24.0 Å². The van der Waals surface area contributed by atoms with E-state index >= 15 is 0 Å². The van der Waals surface area contributed by atoms with Gasteiger partial charge < -0.3 is 20.7 Å². The fourth-order valence-corrected chi connectivity index (χ4v) is 1.92. The number of carbonyl (C=O) groups excluding carboxylic acids is 1. The SMILES string of the molecule is CCNC(=NCc1ccccn1)NCC(C)(C)NC(=O)OC(C)(C)C.I. The molecule has 1 aromatic heterocycles. The number of carbonyl (C=O) groups is 1. The van der Waals surface area contributed by atoms with Crippen molar-refractivity contribution in [3.05, 3.63) is 30.1 Å². The van der Waals surface area contributed by atoms with Crippen molar-refractivity contribution in [3.8, 4) is 0 Å². The lowest BCUT2D eigenvalue weighted by Gasteiger charge is -2.29. The average molecular weight is 477 g/mol. The van der Waals surface area contributed by atoms with E-state index < -0.39 is 17.2 Å². The van der Waals surface area contributed by atoms with Gasteiger partial charge in [0.25, 0.3) is 0 Å². The van der Waals surface area contributed by atoms with Crippen molar-refractivity contribution in [1.82, 2.24) is 20.9 Å². The van der Waals surface area contributed by atoms with E-state index in [0.29, 0.717) is 19.0 Å². The van der Waals surface area contributed by atoms with Crippen LogP contribution in [0.1, 0.15) is 47.2 Å². The van der Waals surface area contributed by atoms with Crippen molar-refractivity contribution in [2.45, 2.75) is 59.2 Å². The summed E-state index contributed by atoms with van der Waals surface area (Å²) in [5, 5.41) is 9.29. The molecule has 0 aliphatic carbocycles. The Kier molecular flexibility index (Phi) is 10.5. The smallest absolute Gasteiger partial charge is 0.408 e. The van der Waals surface area contributed by atoms with Crippen molar-refractivity contribution >= 4 is 36.0 Å². The van der Waals surface area contributed by atoms with E-state index in [4.69, 9.17) is 4.74 Å². The number of nitrogens with zero attached hydrogens (tertiary/aromatic N) is 2. The number of nitrogens with one attached hydrogen (secondary N) is 3. The molecular formula is C18H32IN5O2. The van der Waals surface area contributed by atoms with Crippen molar-refractivity contribution in [1.29, 1.82) is 0 Å². The minimum atomic E-state index is -0.521. The Bertz CT molecular complexity index is 571. The number of ether oxygens (including phenoxy) is 1. The van der Waals surface area contributed by atoms with Gasteiger partial charge in [-0.05, 0) is 53.7 Å². The third-order valence-electron chi connectivity index (χ3n) is 3.01. The fourth-order valence-electron chi connectivity index (χ4n) is 1.92. The second-order valence-electron chi connectivity index (χ2n) is 7.38. The van der Waals surface area contributed by atoms with Crippen LogP contribution in [0, 0.1) is 0 Å². The molecule has 0 saturated heterocycles. The van der Waals surface area contributed by atoms with E-state index in [0.717, 1.165) is 12.2 Å². The summed E-state index contributed by atoms with van der Waals surface area (Å²) >= 11 is 0. The van der Waals surface area contributed by atoms with Gasteiger partial charge in [-0.3, -0.25) is 4.98 Å². The Morgan fingerprint density at radius 3 is 2.42 bits per heavy atom. The van der Waals surface area contributed by atoms with Gasteiger partial charge in [0.15, 0.2) is 5.96 Å². The number of amides is 1. The van der Waals surface area contributed by atoms with E-state index in [1.165, 1.54) is 0 Å². The standard InChI is InChI=1S/C18H31N5O2.HI/c1-7-19-15(21-12-14-10-8-9-11-20-14)22-13-18(5,6)23-16(24)25-17(2,3)4;/h8-11H,7,12-13H2,1-6H3,(H,23,24)(H2,19,21,22);1H. The first kappa shape index (κ1) is 24.4. The second kappa shape index (κ2) is 11.2. The first-order valence-corrected chi connectivity index (χ1v) is 8.54. The van der Waals surface area contributed by atoms with Crippen molar-refractivity contribution in [3.63, 3.8) is 0 Å². The highest BCUT2D eigenvalue weighted by Gasteiger charge is 2.24. The van der Waals surface area contributed by atoms with Crippen LogP contribution in [-0.4, -0.2) is 41.3 Å². The van der Waals surface area contributed by atoms with E-state index in [1.54, 1.807) is 6.20 Å². The van der Waals surface area contributed by atoms with Crippen LogP contribution in [-0.2, 0) is 11.3 Å². The zero-order valence-corrected chi connectivity index (χ0v) is 18.9. The molecule has 1 amide bonds. The predicted molar refractivity (Wildman–Crippen MR) is 116 cm³/mol. The van der Waals surface area contributed by atoms with Gasteiger partial charge in [0.05, 0.1) is 17.8 Å². The Hall–Kier alpha value is -1.58. The minimum absolute atomic E-state index is 0. The van der Waals surface area contributed by atoms with Gasteiger partial charge in [0, 0.05) is 19.3 Å². The van der Waals surface area contributed by atoms with Gasteiger partial charge in [-0.1, -0.05) is 6.07 Å². The molecule has 26 heavy (non-hydrogen) atoms. The third kappa shape index (κ3) is 11.1. The number of aliphatic imine (C=N–C) groups is 1. The molecule has 0 fully saturated rings. The normalized spacial score (nSPS) is 12.0. The summed E-state index contributed by atoms with van der Waals surface area (Å²) in [6, 6.07) is 5.74. The van der Waals surface area contributed by atoms with Crippen molar-refractivity contribution in [2.75, 3.05) is 13.1 Å². The summed E-state index contributed by atoms with van der Waals surface area (Å²) < 4.78 is 5.30. The minimum Gasteiger partial charge on any atom is -0.444 e. The molecule has 0 bridgehead atoms. The van der Waals surface area contributed by atoms with Gasteiger partial charge >= 0.3 is 6.09 Å². The fraction of sp³-hybridized carbons (Fsp3) is 0.611. The summed E-state index contributed by atoms with van der Waals surface area (Å²) in [5.74, 6) is 0.673. The van der Waals surface area contributed by atoms with E-state index in [1.807, 2.05) is 59.7 Å². The first-order chi connectivity index (χ1) is 11.6. The Balaban J connectivity index is 0.00000625. The molecule has 0 spiro atoms. The summed E-state index contributed by atoms with van der Waals surface area (Å²) in [6.07, 6.45) is 1.31. The zero-order valence-electron chi connectivity index (χ0n) is 16.5. The summed E-state index contributed by atoms with van der Waals surface area (Å²) in [6.45, 7) is 13.1. The average Bonchev–Trinajstić information content (AvgIpc) is 2.48. The topological polar surface area (TPSA) is 87.6 Å². The lowest BCUT2D eigenvalue weighted by molar-refractivity contribution is 0.0474. The molecule has 0 aliphatic rings. The Morgan fingerprint density at radius 2 is 1.88 bits per heavy atom. The highest BCUT2D eigenvalue weighted by molar-refractivity contribution is 14.0. The molecule has 3 N–H and O–H groups in total. The first-order valence-electron chi connectivity index (χ1n) is 8.54. The molecule has 0 aromatic carbocycles. The van der Waals surface area contributed by atoms with Crippen molar-refractivity contribution < 1.29 is 9.53 Å². The van der Waals surface area contributed by atoms with Crippen LogP contribution in [0.25, 0.3) is 0 Å². The number of pyridine rings is 1. The molecule has 0 atom stereocenters.